The van der Waals surface area contributed by atoms with E-state index < -0.39 is 0 Å². The summed E-state index contributed by atoms with van der Waals surface area (Å²) in [5.74, 6) is -0.142. The van der Waals surface area contributed by atoms with Crippen LogP contribution in [0.1, 0.15) is 23.0 Å². The molecule has 0 aliphatic carbocycles. The Hall–Kier alpha value is -2.19. The number of benzene rings is 2. The lowest BCUT2D eigenvalue weighted by Crippen LogP contribution is -2.40. The van der Waals surface area contributed by atoms with Gasteiger partial charge < -0.3 is 4.74 Å². The third kappa shape index (κ3) is 2.03. The second kappa shape index (κ2) is 4.97. The molecule has 1 saturated heterocycles. The minimum absolute atomic E-state index is 0.120. The Labute approximate surface area is 124 Å². The standard InChI is InChI=1S/C19H16O2/c20-19-17(13-7-3-1-4-8-13)15-11-12-16(21-15)18(19)14-9-5-2-6-10-14/h1-12,15-18H/t15-,16+,17+,18-. The van der Waals surface area contributed by atoms with E-state index in [1.807, 2.05) is 72.8 Å². The largest absolute Gasteiger partial charge is 0.365 e. The molecule has 0 amide bonds. The normalized spacial score (nSPS) is 30.6. The molecule has 2 aliphatic rings. The van der Waals surface area contributed by atoms with Crippen molar-refractivity contribution in [1.29, 1.82) is 0 Å². The summed E-state index contributed by atoms with van der Waals surface area (Å²) in [4.78, 5) is 13.1. The lowest BCUT2D eigenvalue weighted by Gasteiger charge is -2.35. The minimum atomic E-state index is -0.202. The monoisotopic (exact) mass is 276 g/mol. The lowest BCUT2D eigenvalue weighted by atomic mass is 9.78. The van der Waals surface area contributed by atoms with Crippen molar-refractivity contribution in [3.63, 3.8) is 0 Å². The smallest absolute Gasteiger partial charge is 0.153 e. The van der Waals surface area contributed by atoms with Crippen LogP contribution in [0.15, 0.2) is 72.8 Å². The highest BCUT2D eigenvalue weighted by atomic mass is 16.5. The third-order valence-corrected chi connectivity index (χ3v) is 4.39. The summed E-state index contributed by atoms with van der Waals surface area (Å²) in [6, 6.07) is 19.9. The molecular weight excluding hydrogens is 260 g/mol. The van der Waals surface area contributed by atoms with Crippen molar-refractivity contribution in [3.8, 4) is 0 Å². The van der Waals surface area contributed by atoms with Gasteiger partial charge in [-0.1, -0.05) is 72.8 Å². The van der Waals surface area contributed by atoms with Crippen LogP contribution >= 0.6 is 0 Å². The zero-order chi connectivity index (χ0) is 14.2. The summed E-state index contributed by atoms with van der Waals surface area (Å²) in [6.45, 7) is 0. The first kappa shape index (κ1) is 12.5. The van der Waals surface area contributed by atoms with Gasteiger partial charge in [0.25, 0.3) is 0 Å². The van der Waals surface area contributed by atoms with Crippen LogP contribution in [-0.2, 0) is 9.53 Å². The predicted octanol–water partition coefficient (Wildman–Crippen LogP) is 3.46. The van der Waals surface area contributed by atoms with Crippen molar-refractivity contribution in [3.05, 3.63) is 83.9 Å². The molecule has 4 rings (SSSR count). The van der Waals surface area contributed by atoms with Crippen molar-refractivity contribution in [2.24, 2.45) is 0 Å². The van der Waals surface area contributed by atoms with Crippen LogP contribution in [0.4, 0.5) is 0 Å². The van der Waals surface area contributed by atoms with Gasteiger partial charge in [-0.3, -0.25) is 4.79 Å². The zero-order valence-corrected chi connectivity index (χ0v) is 11.6. The second-order valence-electron chi connectivity index (χ2n) is 5.63. The zero-order valence-electron chi connectivity index (χ0n) is 11.6. The van der Waals surface area contributed by atoms with E-state index in [1.165, 1.54) is 0 Å². The maximum Gasteiger partial charge on any atom is 0.153 e. The molecule has 21 heavy (non-hydrogen) atoms. The molecule has 0 unspecified atom stereocenters. The number of hydrogen-bond donors (Lipinski definition) is 0. The van der Waals surface area contributed by atoms with Crippen LogP contribution in [0.5, 0.6) is 0 Å². The summed E-state index contributed by atoms with van der Waals surface area (Å²) < 4.78 is 6.07. The molecule has 4 atom stereocenters. The molecular formula is C19H16O2. The number of fused-ring (bicyclic) bond motifs is 2. The van der Waals surface area contributed by atoms with Gasteiger partial charge in [0.2, 0.25) is 0 Å². The van der Waals surface area contributed by atoms with Crippen LogP contribution in [-0.4, -0.2) is 18.0 Å². The SMILES string of the molecule is O=C1[C@H](c2ccccc2)[C@@H]2C=C[C@@H](O2)[C@@H]1c1ccccc1. The van der Waals surface area contributed by atoms with Gasteiger partial charge in [0.05, 0.1) is 24.0 Å². The predicted molar refractivity (Wildman–Crippen MR) is 81.2 cm³/mol. The Morgan fingerprint density at radius 1 is 0.667 bits per heavy atom. The van der Waals surface area contributed by atoms with Crippen molar-refractivity contribution in [2.75, 3.05) is 0 Å². The average Bonchev–Trinajstić information content (AvgIpc) is 2.94. The summed E-state index contributed by atoms with van der Waals surface area (Å²) in [5.41, 5.74) is 2.08. The minimum Gasteiger partial charge on any atom is -0.365 e. The Morgan fingerprint density at radius 3 is 1.52 bits per heavy atom. The van der Waals surface area contributed by atoms with E-state index in [4.69, 9.17) is 4.74 Å². The molecule has 0 aromatic heterocycles. The van der Waals surface area contributed by atoms with Crippen LogP contribution in [0.3, 0.4) is 0 Å². The van der Waals surface area contributed by atoms with Gasteiger partial charge in [-0.2, -0.15) is 0 Å². The molecule has 0 saturated carbocycles. The average molecular weight is 276 g/mol. The molecule has 104 valence electrons. The summed E-state index contributed by atoms with van der Waals surface area (Å²) in [6.07, 6.45) is 3.85. The molecule has 0 N–H and O–H groups in total. The number of carbonyl (C=O) groups is 1. The highest BCUT2D eigenvalue weighted by Gasteiger charge is 2.47. The number of carbonyl (C=O) groups excluding carboxylic acids is 1. The first-order valence-corrected chi connectivity index (χ1v) is 7.32. The molecule has 0 spiro atoms. The highest BCUT2D eigenvalue weighted by molar-refractivity contribution is 5.94. The van der Waals surface area contributed by atoms with Gasteiger partial charge in [-0.25, -0.2) is 0 Å². The van der Waals surface area contributed by atoms with E-state index in [0.717, 1.165) is 11.1 Å². The number of hydrogen-bond acceptors (Lipinski definition) is 2. The van der Waals surface area contributed by atoms with Crippen molar-refractivity contribution < 1.29 is 9.53 Å². The molecule has 2 nitrogen and oxygen atoms in total. The van der Waals surface area contributed by atoms with E-state index in [0.29, 0.717) is 0 Å². The summed E-state index contributed by atoms with van der Waals surface area (Å²) >= 11 is 0. The Bertz CT molecular complexity index is 618. The first-order chi connectivity index (χ1) is 10.3. The van der Waals surface area contributed by atoms with Crippen molar-refractivity contribution in [1.82, 2.24) is 0 Å². The van der Waals surface area contributed by atoms with E-state index >= 15 is 0 Å². The number of ether oxygens (including phenoxy) is 1. The molecule has 2 bridgehead atoms. The van der Waals surface area contributed by atoms with Crippen molar-refractivity contribution in [2.45, 2.75) is 24.0 Å². The van der Waals surface area contributed by atoms with Crippen LogP contribution < -0.4 is 0 Å². The van der Waals surface area contributed by atoms with Gasteiger partial charge >= 0.3 is 0 Å². The highest BCUT2D eigenvalue weighted by Crippen LogP contribution is 2.43. The van der Waals surface area contributed by atoms with Gasteiger partial charge in [0.1, 0.15) is 0 Å². The summed E-state index contributed by atoms with van der Waals surface area (Å²) in [5, 5.41) is 0. The maximum atomic E-state index is 13.1. The Kier molecular flexibility index (Phi) is 2.97. The second-order valence-corrected chi connectivity index (χ2v) is 5.63. The van der Waals surface area contributed by atoms with E-state index in [1.54, 1.807) is 0 Å². The fourth-order valence-corrected chi connectivity index (χ4v) is 3.42. The quantitative estimate of drug-likeness (QED) is 0.785. The first-order valence-electron chi connectivity index (χ1n) is 7.32. The molecule has 2 heteroatoms. The molecule has 2 aromatic carbocycles. The fourth-order valence-electron chi connectivity index (χ4n) is 3.42. The third-order valence-electron chi connectivity index (χ3n) is 4.39. The fraction of sp³-hybridized carbons (Fsp3) is 0.211. The van der Waals surface area contributed by atoms with Crippen molar-refractivity contribution >= 4 is 5.78 Å². The number of rotatable bonds is 2. The van der Waals surface area contributed by atoms with Gasteiger partial charge in [-0.05, 0) is 11.1 Å². The lowest BCUT2D eigenvalue weighted by molar-refractivity contribution is -0.134. The Morgan fingerprint density at radius 2 is 1.10 bits per heavy atom. The number of Topliss-reactive ketones (excluding diaryl/α,β-unsaturated/α-hetero) is 1. The maximum absolute atomic E-state index is 13.1. The molecule has 0 radical (unpaired) electrons. The summed E-state index contributed by atoms with van der Waals surface area (Å²) in [7, 11) is 0. The topological polar surface area (TPSA) is 26.3 Å². The molecule has 2 heterocycles. The van der Waals surface area contributed by atoms with Crippen LogP contribution in [0, 0.1) is 0 Å². The van der Waals surface area contributed by atoms with E-state index in [2.05, 4.69) is 0 Å². The van der Waals surface area contributed by atoms with Crippen LogP contribution in [0.2, 0.25) is 0 Å². The molecule has 2 aromatic rings. The van der Waals surface area contributed by atoms with Gasteiger partial charge in [-0.15, -0.1) is 0 Å². The van der Waals surface area contributed by atoms with E-state index in [-0.39, 0.29) is 29.8 Å². The molecule has 2 aliphatic heterocycles. The van der Waals surface area contributed by atoms with E-state index in [9.17, 15) is 4.79 Å². The van der Waals surface area contributed by atoms with Gasteiger partial charge in [0, 0.05) is 0 Å². The molecule has 1 fully saturated rings. The Balaban J connectivity index is 1.77. The van der Waals surface area contributed by atoms with Crippen LogP contribution in [0.25, 0.3) is 0 Å². The van der Waals surface area contributed by atoms with Gasteiger partial charge in [0.15, 0.2) is 5.78 Å². The number of ketones is 1.